The molecule has 168 valence electrons. The molecule has 0 saturated heterocycles. The van der Waals surface area contributed by atoms with Gasteiger partial charge in [0.1, 0.15) is 12.4 Å². The zero-order valence-electron chi connectivity index (χ0n) is 18.3. The molecule has 4 aromatic rings. The predicted octanol–water partition coefficient (Wildman–Crippen LogP) is 4.66. The number of anilines is 1. The van der Waals surface area contributed by atoms with E-state index in [1.807, 2.05) is 31.2 Å². The van der Waals surface area contributed by atoms with Crippen molar-refractivity contribution in [2.24, 2.45) is 0 Å². The van der Waals surface area contributed by atoms with Crippen LogP contribution in [0.3, 0.4) is 0 Å². The van der Waals surface area contributed by atoms with Crippen LogP contribution in [0.4, 0.5) is 10.1 Å². The lowest BCUT2D eigenvalue weighted by Gasteiger charge is -2.09. The van der Waals surface area contributed by atoms with Gasteiger partial charge in [-0.2, -0.15) is 4.98 Å². The first-order chi connectivity index (χ1) is 16.0. The standard InChI is InChI=1S/C25H23FN4O3/c1-17-7-9-18(10-8-17)23-28-25(33-16-15-32-2)29-30(23)20-13-11-19(12-14-20)27-24(31)21-5-3-4-6-22(21)26/h3-14H,15-16H2,1-2H3,(H,27,31). The van der Waals surface area contributed by atoms with Crippen LogP contribution in [0.1, 0.15) is 15.9 Å². The summed E-state index contributed by atoms with van der Waals surface area (Å²) in [5.41, 5.74) is 3.25. The van der Waals surface area contributed by atoms with Crippen molar-refractivity contribution in [3.63, 3.8) is 0 Å². The molecule has 0 atom stereocenters. The van der Waals surface area contributed by atoms with Crippen molar-refractivity contribution in [1.82, 2.24) is 14.8 Å². The summed E-state index contributed by atoms with van der Waals surface area (Å²) < 4.78 is 26.2. The average Bonchev–Trinajstić information content (AvgIpc) is 3.24. The van der Waals surface area contributed by atoms with Gasteiger partial charge in [0, 0.05) is 18.4 Å². The summed E-state index contributed by atoms with van der Waals surface area (Å²) in [5, 5.41) is 7.20. The lowest BCUT2D eigenvalue weighted by molar-refractivity contribution is 0.102. The van der Waals surface area contributed by atoms with Crippen molar-refractivity contribution in [1.29, 1.82) is 0 Å². The van der Waals surface area contributed by atoms with Crippen molar-refractivity contribution in [3.05, 3.63) is 89.7 Å². The summed E-state index contributed by atoms with van der Waals surface area (Å²) in [6.07, 6.45) is 0. The molecule has 0 saturated carbocycles. The smallest absolute Gasteiger partial charge is 0.336 e. The van der Waals surface area contributed by atoms with Gasteiger partial charge in [-0.1, -0.05) is 42.0 Å². The van der Waals surface area contributed by atoms with Crippen LogP contribution in [-0.2, 0) is 4.74 Å². The van der Waals surface area contributed by atoms with E-state index in [2.05, 4.69) is 15.4 Å². The molecular formula is C25H23FN4O3. The molecule has 33 heavy (non-hydrogen) atoms. The molecule has 1 amide bonds. The highest BCUT2D eigenvalue weighted by molar-refractivity contribution is 6.04. The third kappa shape index (κ3) is 5.24. The zero-order valence-corrected chi connectivity index (χ0v) is 18.3. The van der Waals surface area contributed by atoms with Gasteiger partial charge in [-0.3, -0.25) is 4.79 Å². The lowest BCUT2D eigenvalue weighted by atomic mass is 10.1. The summed E-state index contributed by atoms with van der Waals surface area (Å²) in [7, 11) is 1.60. The molecule has 1 heterocycles. The number of benzene rings is 3. The Bertz CT molecular complexity index is 1240. The van der Waals surface area contributed by atoms with Crippen molar-refractivity contribution in [2.75, 3.05) is 25.6 Å². The van der Waals surface area contributed by atoms with Gasteiger partial charge in [0.2, 0.25) is 0 Å². The Labute approximate surface area is 190 Å². The normalized spacial score (nSPS) is 10.8. The van der Waals surface area contributed by atoms with E-state index in [0.29, 0.717) is 24.7 Å². The van der Waals surface area contributed by atoms with Gasteiger partial charge >= 0.3 is 6.01 Å². The molecule has 0 aliphatic heterocycles. The molecule has 0 fully saturated rings. The average molecular weight is 446 g/mol. The van der Waals surface area contributed by atoms with Gasteiger partial charge in [-0.15, -0.1) is 5.10 Å². The topological polar surface area (TPSA) is 78.3 Å². The summed E-state index contributed by atoms with van der Waals surface area (Å²) >= 11 is 0. The fourth-order valence-electron chi connectivity index (χ4n) is 3.17. The van der Waals surface area contributed by atoms with Gasteiger partial charge in [-0.05, 0) is 43.3 Å². The van der Waals surface area contributed by atoms with Crippen LogP contribution in [0.15, 0.2) is 72.8 Å². The number of carbonyl (C=O) groups is 1. The predicted molar refractivity (Wildman–Crippen MR) is 123 cm³/mol. The lowest BCUT2D eigenvalue weighted by Crippen LogP contribution is -2.13. The van der Waals surface area contributed by atoms with E-state index in [0.717, 1.165) is 16.8 Å². The molecule has 0 unspecified atom stereocenters. The number of aryl methyl sites for hydroxylation is 1. The Kier molecular flexibility index (Phi) is 6.75. The minimum absolute atomic E-state index is 0.0163. The van der Waals surface area contributed by atoms with Crippen LogP contribution in [0.2, 0.25) is 0 Å². The summed E-state index contributed by atoms with van der Waals surface area (Å²) in [5.74, 6) is -0.473. The Morgan fingerprint density at radius 3 is 2.42 bits per heavy atom. The Hall–Kier alpha value is -4.04. The molecule has 1 N–H and O–H groups in total. The summed E-state index contributed by atoms with van der Waals surface area (Å²) in [4.78, 5) is 16.9. The van der Waals surface area contributed by atoms with E-state index in [-0.39, 0.29) is 11.6 Å². The monoisotopic (exact) mass is 446 g/mol. The maximum atomic E-state index is 13.9. The van der Waals surface area contributed by atoms with Crippen LogP contribution >= 0.6 is 0 Å². The third-order valence-electron chi connectivity index (χ3n) is 4.90. The second-order valence-corrected chi connectivity index (χ2v) is 7.32. The van der Waals surface area contributed by atoms with E-state index in [1.54, 1.807) is 42.1 Å². The van der Waals surface area contributed by atoms with E-state index in [4.69, 9.17) is 9.47 Å². The maximum absolute atomic E-state index is 13.9. The number of aromatic nitrogens is 3. The van der Waals surface area contributed by atoms with E-state index in [1.165, 1.54) is 18.2 Å². The molecule has 0 aliphatic carbocycles. The fourth-order valence-corrected chi connectivity index (χ4v) is 3.17. The molecule has 0 aliphatic rings. The van der Waals surface area contributed by atoms with Crippen LogP contribution in [-0.4, -0.2) is 41.0 Å². The molecule has 0 radical (unpaired) electrons. The van der Waals surface area contributed by atoms with Crippen molar-refractivity contribution in [2.45, 2.75) is 6.92 Å². The van der Waals surface area contributed by atoms with Crippen LogP contribution in [0.25, 0.3) is 17.1 Å². The molecule has 4 rings (SSSR count). The maximum Gasteiger partial charge on any atom is 0.336 e. The number of halogens is 1. The molecular weight excluding hydrogens is 423 g/mol. The number of nitrogens with zero attached hydrogens (tertiary/aromatic N) is 3. The minimum Gasteiger partial charge on any atom is -0.460 e. The first-order valence-corrected chi connectivity index (χ1v) is 10.4. The summed E-state index contributed by atoms with van der Waals surface area (Å²) in [6, 6.07) is 21.1. The number of hydrogen-bond acceptors (Lipinski definition) is 5. The van der Waals surface area contributed by atoms with E-state index in [9.17, 15) is 9.18 Å². The molecule has 1 aromatic heterocycles. The highest BCUT2D eigenvalue weighted by Crippen LogP contribution is 2.25. The van der Waals surface area contributed by atoms with Crippen LogP contribution in [0, 0.1) is 12.7 Å². The van der Waals surface area contributed by atoms with E-state index >= 15 is 0 Å². The SMILES string of the molecule is COCCOc1nc(-c2ccc(C)cc2)n(-c2ccc(NC(=O)c3ccccc3F)cc2)n1. The molecule has 7 nitrogen and oxygen atoms in total. The van der Waals surface area contributed by atoms with Crippen molar-refractivity contribution in [3.8, 4) is 23.1 Å². The highest BCUT2D eigenvalue weighted by Gasteiger charge is 2.16. The zero-order chi connectivity index (χ0) is 23.2. The summed E-state index contributed by atoms with van der Waals surface area (Å²) in [6.45, 7) is 2.77. The van der Waals surface area contributed by atoms with Crippen molar-refractivity contribution >= 4 is 11.6 Å². The number of amides is 1. The second-order valence-electron chi connectivity index (χ2n) is 7.32. The van der Waals surface area contributed by atoms with Crippen LogP contribution < -0.4 is 10.1 Å². The highest BCUT2D eigenvalue weighted by atomic mass is 19.1. The van der Waals surface area contributed by atoms with Gasteiger partial charge in [0.05, 0.1) is 17.9 Å². The quantitative estimate of drug-likeness (QED) is 0.398. The largest absolute Gasteiger partial charge is 0.460 e. The Balaban J connectivity index is 1.60. The Morgan fingerprint density at radius 2 is 1.73 bits per heavy atom. The number of carbonyl (C=O) groups excluding carboxylic acids is 1. The van der Waals surface area contributed by atoms with Crippen molar-refractivity contribution < 1.29 is 18.7 Å². The fraction of sp³-hybridized carbons (Fsp3) is 0.160. The molecule has 0 bridgehead atoms. The van der Waals surface area contributed by atoms with Gasteiger partial charge in [-0.25, -0.2) is 9.07 Å². The number of methoxy groups -OCH3 is 1. The van der Waals surface area contributed by atoms with Gasteiger partial charge in [0.25, 0.3) is 5.91 Å². The van der Waals surface area contributed by atoms with Gasteiger partial charge in [0.15, 0.2) is 5.82 Å². The Morgan fingerprint density at radius 1 is 1.00 bits per heavy atom. The molecule has 8 heteroatoms. The number of nitrogens with one attached hydrogen (secondary N) is 1. The number of rotatable bonds is 8. The minimum atomic E-state index is -0.571. The van der Waals surface area contributed by atoms with E-state index < -0.39 is 11.7 Å². The van der Waals surface area contributed by atoms with Crippen LogP contribution in [0.5, 0.6) is 6.01 Å². The number of hydrogen-bond donors (Lipinski definition) is 1. The molecule has 3 aromatic carbocycles. The second kappa shape index (κ2) is 10.1. The number of ether oxygens (including phenoxy) is 2. The third-order valence-corrected chi connectivity index (χ3v) is 4.90. The first kappa shape index (κ1) is 22.2. The van der Waals surface area contributed by atoms with Gasteiger partial charge < -0.3 is 14.8 Å². The first-order valence-electron chi connectivity index (χ1n) is 10.4. The molecule has 0 spiro atoms.